The molecule has 1 rings (SSSR count). The topological polar surface area (TPSA) is 64.9 Å². The molecule has 0 fully saturated rings. The summed E-state index contributed by atoms with van der Waals surface area (Å²) in [5.74, 6) is 0.377. The predicted molar refractivity (Wildman–Crippen MR) is 72.3 cm³/mol. The maximum atomic E-state index is 11.8. The molecule has 0 saturated heterocycles. The third-order valence-corrected chi connectivity index (χ3v) is 2.97. The molecule has 4 heteroatoms. The van der Waals surface area contributed by atoms with E-state index in [0.29, 0.717) is 17.2 Å². The lowest BCUT2D eigenvalue weighted by atomic mass is 10.1. The van der Waals surface area contributed by atoms with Crippen LogP contribution in [-0.4, -0.2) is 12.1 Å². The quantitative estimate of drug-likeness (QED) is 0.859. The standard InChI is InChI=1S/C14H19N3O/c1-9(2)11(4)16-14(18)17-13-7-12(8-15)6-5-10(13)3/h5-7,9,11H,1-4H3,(H2,16,17,18). The molecule has 0 aliphatic carbocycles. The van der Waals surface area contributed by atoms with E-state index in [0.717, 1.165) is 5.56 Å². The molecule has 0 radical (unpaired) electrons. The molecule has 1 aromatic rings. The van der Waals surface area contributed by atoms with Crippen molar-refractivity contribution in [2.24, 2.45) is 5.92 Å². The number of carbonyl (C=O) groups is 1. The van der Waals surface area contributed by atoms with Gasteiger partial charge in [-0.25, -0.2) is 4.79 Å². The van der Waals surface area contributed by atoms with Crippen LogP contribution in [0.5, 0.6) is 0 Å². The summed E-state index contributed by atoms with van der Waals surface area (Å²) in [6, 6.07) is 7.14. The van der Waals surface area contributed by atoms with Gasteiger partial charge in [0.05, 0.1) is 11.6 Å². The Balaban J connectivity index is 2.73. The van der Waals surface area contributed by atoms with Gasteiger partial charge in [0, 0.05) is 11.7 Å². The number of rotatable bonds is 3. The lowest BCUT2D eigenvalue weighted by Crippen LogP contribution is -2.39. The van der Waals surface area contributed by atoms with E-state index in [1.54, 1.807) is 12.1 Å². The van der Waals surface area contributed by atoms with Crippen molar-refractivity contribution < 1.29 is 4.79 Å². The van der Waals surface area contributed by atoms with Crippen LogP contribution in [0, 0.1) is 24.2 Å². The third kappa shape index (κ3) is 3.77. The third-order valence-electron chi connectivity index (χ3n) is 2.97. The van der Waals surface area contributed by atoms with Gasteiger partial charge in [-0.1, -0.05) is 19.9 Å². The van der Waals surface area contributed by atoms with E-state index in [1.165, 1.54) is 0 Å². The van der Waals surface area contributed by atoms with Crippen LogP contribution in [-0.2, 0) is 0 Å². The van der Waals surface area contributed by atoms with Crippen LogP contribution in [0.25, 0.3) is 0 Å². The Hall–Kier alpha value is -2.02. The fraction of sp³-hybridized carbons (Fsp3) is 0.429. The Bertz CT molecular complexity index is 474. The number of hydrogen-bond donors (Lipinski definition) is 2. The first kappa shape index (κ1) is 14.0. The van der Waals surface area contributed by atoms with E-state index in [2.05, 4.69) is 16.7 Å². The van der Waals surface area contributed by atoms with Gasteiger partial charge in [-0.3, -0.25) is 0 Å². The van der Waals surface area contributed by atoms with Gasteiger partial charge in [0.15, 0.2) is 0 Å². The van der Waals surface area contributed by atoms with Crippen LogP contribution >= 0.6 is 0 Å². The molecule has 0 heterocycles. The van der Waals surface area contributed by atoms with E-state index in [9.17, 15) is 4.79 Å². The van der Waals surface area contributed by atoms with Gasteiger partial charge in [-0.05, 0) is 37.5 Å². The summed E-state index contributed by atoms with van der Waals surface area (Å²) in [4.78, 5) is 11.8. The summed E-state index contributed by atoms with van der Waals surface area (Å²) in [5.41, 5.74) is 2.14. The van der Waals surface area contributed by atoms with Crippen LogP contribution in [0.2, 0.25) is 0 Å². The van der Waals surface area contributed by atoms with E-state index in [4.69, 9.17) is 5.26 Å². The highest BCUT2D eigenvalue weighted by atomic mass is 16.2. The average Bonchev–Trinajstić information content (AvgIpc) is 2.31. The fourth-order valence-electron chi connectivity index (χ4n) is 1.36. The Morgan fingerprint density at radius 2 is 2.00 bits per heavy atom. The molecule has 96 valence electrons. The van der Waals surface area contributed by atoms with Gasteiger partial charge >= 0.3 is 6.03 Å². The smallest absolute Gasteiger partial charge is 0.319 e. The maximum absolute atomic E-state index is 11.8. The highest BCUT2D eigenvalue weighted by Crippen LogP contribution is 2.16. The molecule has 18 heavy (non-hydrogen) atoms. The summed E-state index contributed by atoms with van der Waals surface area (Å²) >= 11 is 0. The van der Waals surface area contributed by atoms with Crippen LogP contribution in [0.15, 0.2) is 18.2 Å². The first-order valence-corrected chi connectivity index (χ1v) is 6.02. The summed E-state index contributed by atoms with van der Waals surface area (Å²) in [5, 5.41) is 14.5. The van der Waals surface area contributed by atoms with Crippen LogP contribution in [0.4, 0.5) is 10.5 Å². The monoisotopic (exact) mass is 245 g/mol. The van der Waals surface area contributed by atoms with Gasteiger partial charge in [0.1, 0.15) is 0 Å². The number of anilines is 1. The Morgan fingerprint density at radius 1 is 1.33 bits per heavy atom. The molecule has 0 spiro atoms. The van der Waals surface area contributed by atoms with Crippen molar-refractivity contribution in [3.05, 3.63) is 29.3 Å². The SMILES string of the molecule is Cc1ccc(C#N)cc1NC(=O)NC(C)C(C)C. The number of carbonyl (C=O) groups excluding carboxylic acids is 1. The minimum absolute atomic E-state index is 0.101. The van der Waals surface area contributed by atoms with Crippen molar-refractivity contribution in [3.8, 4) is 6.07 Å². The molecule has 1 aromatic carbocycles. The molecule has 2 N–H and O–H groups in total. The summed E-state index contributed by atoms with van der Waals surface area (Å²) in [7, 11) is 0. The van der Waals surface area contributed by atoms with E-state index in [1.807, 2.05) is 33.8 Å². The molecule has 0 aliphatic heterocycles. The highest BCUT2D eigenvalue weighted by Gasteiger charge is 2.11. The van der Waals surface area contributed by atoms with Crippen molar-refractivity contribution in [3.63, 3.8) is 0 Å². The number of nitriles is 1. The molecular weight excluding hydrogens is 226 g/mol. The summed E-state index contributed by atoms with van der Waals surface area (Å²) in [6.45, 7) is 7.95. The number of amides is 2. The lowest BCUT2D eigenvalue weighted by Gasteiger charge is -2.18. The molecule has 0 saturated carbocycles. The van der Waals surface area contributed by atoms with Crippen LogP contribution in [0.3, 0.4) is 0 Å². The number of nitrogens with zero attached hydrogens (tertiary/aromatic N) is 1. The fourth-order valence-corrected chi connectivity index (χ4v) is 1.36. The van der Waals surface area contributed by atoms with E-state index in [-0.39, 0.29) is 12.1 Å². The van der Waals surface area contributed by atoms with E-state index < -0.39 is 0 Å². The normalized spacial score (nSPS) is 11.8. The summed E-state index contributed by atoms with van der Waals surface area (Å²) < 4.78 is 0. The van der Waals surface area contributed by atoms with Gasteiger partial charge < -0.3 is 10.6 Å². The Morgan fingerprint density at radius 3 is 2.56 bits per heavy atom. The number of benzene rings is 1. The average molecular weight is 245 g/mol. The molecule has 1 atom stereocenters. The number of aryl methyl sites for hydroxylation is 1. The van der Waals surface area contributed by atoms with Gasteiger partial charge in [0.2, 0.25) is 0 Å². The van der Waals surface area contributed by atoms with Crippen molar-refractivity contribution >= 4 is 11.7 Å². The molecule has 1 unspecified atom stereocenters. The number of urea groups is 1. The molecule has 0 aromatic heterocycles. The zero-order valence-corrected chi connectivity index (χ0v) is 11.2. The highest BCUT2D eigenvalue weighted by molar-refractivity contribution is 5.90. The van der Waals surface area contributed by atoms with Crippen molar-refractivity contribution in [1.29, 1.82) is 5.26 Å². The van der Waals surface area contributed by atoms with Crippen LogP contribution < -0.4 is 10.6 Å². The number of nitrogens with one attached hydrogen (secondary N) is 2. The zero-order chi connectivity index (χ0) is 13.7. The summed E-state index contributed by atoms with van der Waals surface area (Å²) in [6.07, 6.45) is 0. The van der Waals surface area contributed by atoms with Gasteiger partial charge in [-0.2, -0.15) is 5.26 Å². The largest absolute Gasteiger partial charge is 0.335 e. The second-order valence-electron chi connectivity index (χ2n) is 4.77. The Labute approximate surface area is 108 Å². The Kier molecular flexibility index (Phi) is 4.73. The van der Waals surface area contributed by atoms with Crippen molar-refractivity contribution in [1.82, 2.24) is 5.32 Å². The van der Waals surface area contributed by atoms with Crippen LogP contribution in [0.1, 0.15) is 31.9 Å². The van der Waals surface area contributed by atoms with E-state index >= 15 is 0 Å². The maximum Gasteiger partial charge on any atom is 0.319 e. The van der Waals surface area contributed by atoms with Crippen molar-refractivity contribution in [2.45, 2.75) is 33.7 Å². The zero-order valence-electron chi connectivity index (χ0n) is 11.2. The van der Waals surface area contributed by atoms with Gasteiger partial charge in [-0.15, -0.1) is 0 Å². The first-order valence-electron chi connectivity index (χ1n) is 6.02. The second kappa shape index (κ2) is 6.06. The molecule has 2 amide bonds. The van der Waals surface area contributed by atoms with Crippen molar-refractivity contribution in [2.75, 3.05) is 5.32 Å². The molecule has 4 nitrogen and oxygen atoms in total. The first-order chi connectivity index (χ1) is 8.43. The second-order valence-corrected chi connectivity index (χ2v) is 4.77. The lowest BCUT2D eigenvalue weighted by molar-refractivity contribution is 0.246. The predicted octanol–water partition coefficient (Wildman–Crippen LogP) is 3.03. The molecule has 0 aliphatic rings. The van der Waals surface area contributed by atoms with Gasteiger partial charge in [0.25, 0.3) is 0 Å². The number of hydrogen-bond acceptors (Lipinski definition) is 2. The minimum atomic E-state index is -0.241. The minimum Gasteiger partial charge on any atom is -0.335 e. The molecule has 0 bridgehead atoms. The molecular formula is C14H19N3O.